The van der Waals surface area contributed by atoms with Crippen LogP contribution < -0.4 is 4.74 Å². The van der Waals surface area contributed by atoms with Gasteiger partial charge < -0.3 is 14.6 Å². The molecule has 0 aromatic heterocycles. The Morgan fingerprint density at radius 2 is 2.06 bits per heavy atom. The molecule has 0 aliphatic heterocycles. The van der Waals surface area contributed by atoms with Gasteiger partial charge in [-0.15, -0.1) is 13.2 Å². The van der Waals surface area contributed by atoms with E-state index in [2.05, 4.69) is 25.4 Å². The first kappa shape index (κ1) is 14.6. The smallest absolute Gasteiger partial charge is 0.504 e. The van der Waals surface area contributed by atoms with E-state index in [1.165, 1.54) is 6.92 Å². The lowest BCUT2D eigenvalue weighted by Gasteiger charge is -2.13. The van der Waals surface area contributed by atoms with Crippen LogP contribution in [0.15, 0.2) is 16.6 Å². The number of carbonyl (C=O) groups excluding carboxylic acids is 1. The third-order valence-electron chi connectivity index (χ3n) is 1.76. The van der Waals surface area contributed by atoms with Crippen LogP contribution in [0.1, 0.15) is 17.3 Å². The lowest BCUT2D eigenvalue weighted by molar-refractivity contribution is -0.275. The Hall–Kier alpha value is -1.44. The van der Waals surface area contributed by atoms with Gasteiger partial charge in [0.2, 0.25) is 0 Å². The summed E-state index contributed by atoms with van der Waals surface area (Å²) < 4.78 is 44.5. The van der Waals surface area contributed by atoms with Crippen LogP contribution in [0, 0.1) is 0 Å². The second-order valence-electron chi connectivity index (χ2n) is 3.07. The van der Waals surface area contributed by atoms with Crippen molar-refractivity contribution in [2.75, 3.05) is 6.61 Å². The van der Waals surface area contributed by atoms with Crippen molar-refractivity contribution in [3.63, 3.8) is 0 Å². The summed E-state index contributed by atoms with van der Waals surface area (Å²) in [6.45, 7) is 1.56. The lowest BCUT2D eigenvalue weighted by atomic mass is 10.2. The molecule has 0 radical (unpaired) electrons. The molecule has 1 aromatic rings. The SMILES string of the molecule is CCOC(=O)c1cc(Br)cc(OC(F)(F)F)c1O. The summed E-state index contributed by atoms with van der Waals surface area (Å²) in [5.74, 6) is -2.74. The number of halogens is 4. The molecule has 1 aromatic carbocycles. The zero-order chi connectivity index (χ0) is 13.9. The third kappa shape index (κ3) is 3.80. The normalized spacial score (nSPS) is 11.2. The fourth-order valence-corrected chi connectivity index (χ4v) is 1.58. The van der Waals surface area contributed by atoms with Gasteiger partial charge in [0.15, 0.2) is 11.5 Å². The van der Waals surface area contributed by atoms with Crippen LogP contribution >= 0.6 is 15.9 Å². The van der Waals surface area contributed by atoms with Gasteiger partial charge in [-0.3, -0.25) is 0 Å². The van der Waals surface area contributed by atoms with Crippen LogP contribution in [0.3, 0.4) is 0 Å². The standard InChI is InChI=1S/C10H8BrF3O4/c1-2-17-9(16)6-3-5(11)4-7(8(6)15)18-10(12,13)14/h3-4,15H,2H2,1H3. The summed E-state index contributed by atoms with van der Waals surface area (Å²) in [5.41, 5.74) is -0.412. The van der Waals surface area contributed by atoms with Gasteiger partial charge in [-0.25, -0.2) is 4.79 Å². The molecule has 0 saturated carbocycles. The largest absolute Gasteiger partial charge is 0.573 e. The molecular formula is C10H8BrF3O4. The number of phenols is 1. The van der Waals surface area contributed by atoms with Crippen molar-refractivity contribution in [2.45, 2.75) is 13.3 Å². The Labute approximate surface area is 108 Å². The fraction of sp³-hybridized carbons (Fsp3) is 0.300. The molecular weight excluding hydrogens is 321 g/mol. The average Bonchev–Trinajstić information content (AvgIpc) is 2.21. The first-order valence-corrected chi connectivity index (χ1v) is 5.49. The van der Waals surface area contributed by atoms with E-state index >= 15 is 0 Å². The van der Waals surface area contributed by atoms with Crippen LogP contribution in [0.25, 0.3) is 0 Å². The van der Waals surface area contributed by atoms with Crippen LogP contribution in [0.4, 0.5) is 13.2 Å². The van der Waals surface area contributed by atoms with E-state index in [4.69, 9.17) is 0 Å². The molecule has 8 heteroatoms. The maximum absolute atomic E-state index is 12.1. The van der Waals surface area contributed by atoms with Crippen LogP contribution in [-0.4, -0.2) is 24.0 Å². The maximum Gasteiger partial charge on any atom is 0.573 e. The number of aromatic hydroxyl groups is 1. The first-order chi connectivity index (χ1) is 8.24. The van der Waals surface area contributed by atoms with Gasteiger partial charge >= 0.3 is 12.3 Å². The molecule has 18 heavy (non-hydrogen) atoms. The molecule has 0 heterocycles. The van der Waals surface area contributed by atoms with Crippen molar-refractivity contribution in [3.05, 3.63) is 22.2 Å². The molecule has 1 rings (SSSR count). The van der Waals surface area contributed by atoms with E-state index in [-0.39, 0.29) is 11.1 Å². The first-order valence-electron chi connectivity index (χ1n) is 4.70. The van der Waals surface area contributed by atoms with Gasteiger partial charge in [0.25, 0.3) is 0 Å². The second-order valence-corrected chi connectivity index (χ2v) is 3.98. The van der Waals surface area contributed by atoms with E-state index in [1.807, 2.05) is 0 Å². The summed E-state index contributed by atoms with van der Waals surface area (Å²) in [7, 11) is 0. The maximum atomic E-state index is 12.1. The number of hydrogen-bond acceptors (Lipinski definition) is 4. The Bertz CT molecular complexity index is 459. The summed E-state index contributed by atoms with van der Waals surface area (Å²) >= 11 is 2.91. The van der Waals surface area contributed by atoms with E-state index in [0.717, 1.165) is 12.1 Å². The zero-order valence-corrected chi connectivity index (χ0v) is 10.6. The van der Waals surface area contributed by atoms with Crippen molar-refractivity contribution >= 4 is 21.9 Å². The minimum absolute atomic E-state index is 0.0280. The molecule has 4 nitrogen and oxygen atoms in total. The highest BCUT2D eigenvalue weighted by atomic mass is 79.9. The minimum atomic E-state index is -4.97. The van der Waals surface area contributed by atoms with Crippen LogP contribution in [0.2, 0.25) is 0 Å². The molecule has 0 atom stereocenters. The van der Waals surface area contributed by atoms with Crippen LogP contribution in [-0.2, 0) is 4.74 Å². The van der Waals surface area contributed by atoms with E-state index in [1.54, 1.807) is 0 Å². The Morgan fingerprint density at radius 1 is 1.44 bits per heavy atom. The van der Waals surface area contributed by atoms with Gasteiger partial charge in [0, 0.05) is 4.47 Å². The molecule has 0 saturated heterocycles. The number of phenolic OH excluding ortho intramolecular Hbond substituents is 1. The summed E-state index contributed by atoms with van der Waals surface area (Å²) in [5, 5.41) is 9.53. The van der Waals surface area contributed by atoms with E-state index in [9.17, 15) is 23.1 Å². The highest BCUT2D eigenvalue weighted by Gasteiger charge is 2.33. The monoisotopic (exact) mass is 328 g/mol. The molecule has 0 spiro atoms. The van der Waals surface area contributed by atoms with Crippen molar-refractivity contribution in [2.24, 2.45) is 0 Å². The molecule has 0 fully saturated rings. The highest BCUT2D eigenvalue weighted by Crippen LogP contribution is 2.37. The second kappa shape index (κ2) is 5.47. The number of carbonyl (C=O) groups is 1. The predicted octanol–water partition coefficient (Wildman–Crippen LogP) is 3.23. The Morgan fingerprint density at radius 3 is 2.56 bits per heavy atom. The number of hydrogen-bond donors (Lipinski definition) is 1. The van der Waals surface area contributed by atoms with E-state index < -0.39 is 29.4 Å². The highest BCUT2D eigenvalue weighted by molar-refractivity contribution is 9.10. The quantitative estimate of drug-likeness (QED) is 0.865. The number of rotatable bonds is 3. The van der Waals surface area contributed by atoms with E-state index in [0.29, 0.717) is 0 Å². The van der Waals surface area contributed by atoms with Crippen molar-refractivity contribution in [1.29, 1.82) is 0 Å². The minimum Gasteiger partial charge on any atom is -0.504 e. The summed E-state index contributed by atoms with van der Waals surface area (Å²) in [6, 6.07) is 2.03. The number of esters is 1. The van der Waals surface area contributed by atoms with Gasteiger partial charge in [-0.05, 0) is 19.1 Å². The lowest BCUT2D eigenvalue weighted by Crippen LogP contribution is -2.18. The molecule has 1 N–H and O–H groups in total. The average molecular weight is 329 g/mol. The number of ether oxygens (including phenoxy) is 2. The Balaban J connectivity index is 3.18. The molecule has 0 bridgehead atoms. The molecule has 100 valence electrons. The zero-order valence-electron chi connectivity index (χ0n) is 9.05. The van der Waals surface area contributed by atoms with Gasteiger partial charge in [-0.2, -0.15) is 0 Å². The van der Waals surface area contributed by atoms with Gasteiger partial charge in [-0.1, -0.05) is 15.9 Å². The third-order valence-corrected chi connectivity index (χ3v) is 2.22. The topological polar surface area (TPSA) is 55.8 Å². The van der Waals surface area contributed by atoms with Crippen molar-refractivity contribution in [1.82, 2.24) is 0 Å². The van der Waals surface area contributed by atoms with Gasteiger partial charge in [0.05, 0.1) is 6.61 Å². The fourth-order valence-electron chi connectivity index (χ4n) is 1.14. The molecule has 0 amide bonds. The number of benzene rings is 1. The Kier molecular flexibility index (Phi) is 4.44. The molecule has 0 aliphatic rings. The summed E-state index contributed by atoms with van der Waals surface area (Å²) in [4.78, 5) is 11.4. The van der Waals surface area contributed by atoms with Crippen molar-refractivity contribution < 1.29 is 32.5 Å². The molecule has 0 aliphatic carbocycles. The van der Waals surface area contributed by atoms with Gasteiger partial charge in [0.1, 0.15) is 5.56 Å². The predicted molar refractivity (Wildman–Crippen MR) is 58.4 cm³/mol. The van der Waals surface area contributed by atoms with Crippen LogP contribution in [0.5, 0.6) is 11.5 Å². The molecule has 0 unspecified atom stereocenters. The summed E-state index contributed by atoms with van der Waals surface area (Å²) in [6.07, 6.45) is -4.97. The number of alkyl halides is 3. The van der Waals surface area contributed by atoms with Crippen molar-refractivity contribution in [3.8, 4) is 11.5 Å².